The molecule has 2 atom stereocenters. The van der Waals surface area contributed by atoms with Gasteiger partial charge in [0.1, 0.15) is 5.65 Å². The van der Waals surface area contributed by atoms with Crippen LogP contribution in [0.1, 0.15) is 23.6 Å². The largest absolute Gasteiger partial charge is 0.389 e. The zero-order valence-corrected chi connectivity index (χ0v) is 18.3. The van der Waals surface area contributed by atoms with E-state index in [0.29, 0.717) is 30.4 Å². The Morgan fingerprint density at radius 2 is 1.91 bits per heavy atom. The molecular weight excluding hydrogens is 416 g/mol. The maximum atomic E-state index is 13.6. The zero-order valence-electron chi connectivity index (χ0n) is 18.3. The molecule has 2 aromatic carbocycles. The lowest BCUT2D eigenvalue weighted by atomic mass is 9.95. The van der Waals surface area contributed by atoms with Gasteiger partial charge in [-0.05, 0) is 47.6 Å². The summed E-state index contributed by atoms with van der Waals surface area (Å²) in [6.45, 7) is 0.748. The van der Waals surface area contributed by atoms with Crippen molar-refractivity contribution in [3.8, 4) is 0 Å². The average Bonchev–Trinajstić information content (AvgIpc) is 3.22. The van der Waals surface area contributed by atoms with Gasteiger partial charge in [-0.25, -0.2) is 9.97 Å². The Balaban J connectivity index is 1.56. The van der Waals surface area contributed by atoms with Crippen molar-refractivity contribution in [1.82, 2.24) is 19.1 Å². The summed E-state index contributed by atoms with van der Waals surface area (Å²) < 4.78 is 8.94. The van der Waals surface area contributed by atoms with Crippen LogP contribution >= 0.6 is 0 Å². The molecule has 1 aliphatic rings. The van der Waals surface area contributed by atoms with Gasteiger partial charge in [-0.2, -0.15) is 0 Å². The van der Waals surface area contributed by atoms with Crippen molar-refractivity contribution in [2.45, 2.75) is 25.0 Å². The fourth-order valence-corrected chi connectivity index (χ4v) is 5.05. The summed E-state index contributed by atoms with van der Waals surface area (Å²) in [7, 11) is 1.99. The number of fused-ring (bicyclic) bond motifs is 4. The molecule has 0 radical (unpaired) electrons. The standard InChI is InChI=1S/C26H24N4O3/c1-29-10-7-19-16(6-9-27-25(19)29)12-17-13-21-24(20-5-3-2-4-18(17)20)28-15-30(26(21)32)22-8-11-33-14-23(22)31/h2-7,9-10,13,15,22-23,31H,8,11-12,14H2,1H3/t22-,23-/m0/s1. The lowest BCUT2D eigenvalue weighted by Crippen LogP contribution is -2.39. The number of aliphatic hydroxyl groups excluding tert-OH is 1. The van der Waals surface area contributed by atoms with Gasteiger partial charge in [0.25, 0.3) is 5.56 Å². The molecule has 1 N–H and O–H groups in total. The van der Waals surface area contributed by atoms with E-state index in [-0.39, 0.29) is 18.2 Å². The third kappa shape index (κ3) is 3.23. The third-order valence-corrected chi connectivity index (χ3v) is 6.77. The fourth-order valence-electron chi connectivity index (χ4n) is 5.05. The lowest BCUT2D eigenvalue weighted by molar-refractivity contribution is -0.0395. The number of pyridine rings is 1. The summed E-state index contributed by atoms with van der Waals surface area (Å²) in [5, 5.41) is 14.1. The van der Waals surface area contributed by atoms with E-state index in [1.54, 1.807) is 10.9 Å². The quantitative estimate of drug-likeness (QED) is 0.435. The summed E-state index contributed by atoms with van der Waals surface area (Å²) in [6, 6.07) is 13.9. The minimum absolute atomic E-state index is 0.127. The van der Waals surface area contributed by atoms with Gasteiger partial charge in [-0.15, -0.1) is 0 Å². The summed E-state index contributed by atoms with van der Waals surface area (Å²) in [4.78, 5) is 22.8. The zero-order chi connectivity index (χ0) is 22.5. The Morgan fingerprint density at radius 1 is 1.06 bits per heavy atom. The number of aryl methyl sites for hydroxylation is 1. The van der Waals surface area contributed by atoms with Crippen molar-refractivity contribution in [3.05, 3.63) is 82.7 Å². The predicted molar refractivity (Wildman–Crippen MR) is 128 cm³/mol. The van der Waals surface area contributed by atoms with Crippen LogP contribution in [-0.4, -0.2) is 43.5 Å². The van der Waals surface area contributed by atoms with Gasteiger partial charge in [0.2, 0.25) is 0 Å². The molecule has 0 spiro atoms. The van der Waals surface area contributed by atoms with Gasteiger partial charge in [-0.3, -0.25) is 9.36 Å². The van der Waals surface area contributed by atoms with Gasteiger partial charge in [0, 0.05) is 36.8 Å². The van der Waals surface area contributed by atoms with Crippen LogP contribution in [0.5, 0.6) is 0 Å². The second-order valence-corrected chi connectivity index (χ2v) is 8.74. The summed E-state index contributed by atoms with van der Waals surface area (Å²) >= 11 is 0. The third-order valence-electron chi connectivity index (χ3n) is 6.77. The molecule has 0 amide bonds. The monoisotopic (exact) mass is 440 g/mol. The Hall–Kier alpha value is -3.55. The molecule has 3 aromatic heterocycles. The number of hydrogen-bond acceptors (Lipinski definition) is 5. The van der Waals surface area contributed by atoms with Gasteiger partial charge in [0.15, 0.2) is 0 Å². The molecule has 0 saturated carbocycles. The molecule has 6 rings (SSSR count). The highest BCUT2D eigenvalue weighted by molar-refractivity contribution is 6.06. The summed E-state index contributed by atoms with van der Waals surface area (Å²) in [5.41, 5.74) is 3.73. The molecule has 0 unspecified atom stereocenters. The maximum Gasteiger partial charge on any atom is 0.261 e. The van der Waals surface area contributed by atoms with E-state index in [0.717, 1.165) is 32.9 Å². The number of aromatic nitrogens is 4. The molecular formula is C26H24N4O3. The van der Waals surface area contributed by atoms with Gasteiger partial charge in [0.05, 0.1) is 36.0 Å². The van der Waals surface area contributed by atoms with Crippen LogP contribution in [0.15, 0.2) is 66.0 Å². The summed E-state index contributed by atoms with van der Waals surface area (Å²) in [6.07, 6.45) is 5.96. The van der Waals surface area contributed by atoms with Crippen LogP contribution in [0.2, 0.25) is 0 Å². The minimum atomic E-state index is -0.723. The van der Waals surface area contributed by atoms with Crippen LogP contribution in [0.4, 0.5) is 0 Å². The van der Waals surface area contributed by atoms with Crippen molar-refractivity contribution < 1.29 is 9.84 Å². The van der Waals surface area contributed by atoms with E-state index in [2.05, 4.69) is 22.1 Å². The van der Waals surface area contributed by atoms with E-state index in [4.69, 9.17) is 4.74 Å². The fraction of sp³-hybridized carbons (Fsp3) is 0.269. The van der Waals surface area contributed by atoms with Crippen LogP contribution < -0.4 is 5.56 Å². The topological polar surface area (TPSA) is 82.2 Å². The lowest BCUT2D eigenvalue weighted by Gasteiger charge is -2.29. The van der Waals surface area contributed by atoms with Crippen molar-refractivity contribution in [2.24, 2.45) is 7.05 Å². The van der Waals surface area contributed by atoms with E-state index in [1.807, 2.05) is 54.3 Å². The average molecular weight is 441 g/mol. The maximum absolute atomic E-state index is 13.6. The van der Waals surface area contributed by atoms with Crippen LogP contribution in [0.3, 0.4) is 0 Å². The SMILES string of the molecule is Cn1ccc2c(Cc3cc4c(=O)n([C@H]5CCOC[C@@H]5O)cnc4c4ccccc34)ccnc21. The highest BCUT2D eigenvalue weighted by Gasteiger charge is 2.27. The van der Waals surface area contributed by atoms with Crippen molar-refractivity contribution >= 4 is 32.7 Å². The van der Waals surface area contributed by atoms with Gasteiger partial charge in [-0.1, -0.05) is 24.3 Å². The van der Waals surface area contributed by atoms with E-state index in [9.17, 15) is 9.90 Å². The number of hydrogen-bond donors (Lipinski definition) is 1. The number of aliphatic hydroxyl groups is 1. The number of benzene rings is 2. The molecule has 1 fully saturated rings. The van der Waals surface area contributed by atoms with Crippen molar-refractivity contribution in [1.29, 1.82) is 0 Å². The predicted octanol–water partition coefficient (Wildman–Crippen LogP) is 3.35. The van der Waals surface area contributed by atoms with E-state index < -0.39 is 6.10 Å². The van der Waals surface area contributed by atoms with Crippen molar-refractivity contribution in [3.63, 3.8) is 0 Å². The first-order chi connectivity index (χ1) is 16.1. The smallest absolute Gasteiger partial charge is 0.261 e. The molecule has 5 aromatic rings. The first-order valence-electron chi connectivity index (χ1n) is 11.2. The highest BCUT2D eigenvalue weighted by Crippen LogP contribution is 2.30. The van der Waals surface area contributed by atoms with E-state index in [1.165, 1.54) is 0 Å². The number of rotatable bonds is 3. The van der Waals surface area contributed by atoms with Crippen LogP contribution in [0.25, 0.3) is 32.7 Å². The Labute approximate surface area is 189 Å². The summed E-state index contributed by atoms with van der Waals surface area (Å²) in [5.74, 6) is 0. The molecule has 0 bridgehead atoms. The molecule has 4 heterocycles. The molecule has 7 nitrogen and oxygen atoms in total. The second-order valence-electron chi connectivity index (χ2n) is 8.74. The van der Waals surface area contributed by atoms with Gasteiger partial charge < -0.3 is 14.4 Å². The van der Waals surface area contributed by atoms with Crippen molar-refractivity contribution in [2.75, 3.05) is 13.2 Å². The molecule has 0 aliphatic carbocycles. The molecule has 166 valence electrons. The Morgan fingerprint density at radius 3 is 2.76 bits per heavy atom. The van der Waals surface area contributed by atoms with Crippen LogP contribution in [-0.2, 0) is 18.2 Å². The molecule has 1 aliphatic heterocycles. The first-order valence-corrected chi connectivity index (χ1v) is 11.2. The molecule has 7 heteroatoms. The molecule has 1 saturated heterocycles. The normalized spacial score (nSPS) is 19.0. The minimum Gasteiger partial charge on any atom is -0.389 e. The Kier molecular flexibility index (Phi) is 4.74. The number of ether oxygens (including phenoxy) is 1. The molecule has 33 heavy (non-hydrogen) atoms. The highest BCUT2D eigenvalue weighted by atomic mass is 16.5. The Bertz CT molecular complexity index is 1570. The van der Waals surface area contributed by atoms with Gasteiger partial charge >= 0.3 is 0 Å². The second kappa shape index (κ2) is 7.79. The van der Waals surface area contributed by atoms with E-state index >= 15 is 0 Å². The number of nitrogens with zero attached hydrogens (tertiary/aromatic N) is 4. The first kappa shape index (κ1) is 20.1. The van der Waals surface area contributed by atoms with Crippen LogP contribution in [0, 0.1) is 0 Å².